The molecule has 6 nitrogen and oxygen atoms in total. The largest absolute Gasteiger partial charge is 0.508 e. The second-order valence-corrected chi connectivity index (χ2v) is 5.56. The molecule has 0 fully saturated rings. The zero-order valence-corrected chi connectivity index (χ0v) is 12.9. The van der Waals surface area contributed by atoms with Gasteiger partial charge in [-0.1, -0.05) is 18.2 Å². The Bertz CT molecular complexity index is 796. The van der Waals surface area contributed by atoms with Gasteiger partial charge in [-0.2, -0.15) is 0 Å². The number of rotatable bonds is 4. The SMILES string of the molecule is CC(C)n1c(N[C@H](C)c2ccccc2O)nc2cncnc21. The van der Waals surface area contributed by atoms with Crippen molar-refractivity contribution in [1.82, 2.24) is 19.5 Å². The topological polar surface area (TPSA) is 75.9 Å². The molecule has 0 saturated heterocycles. The number of phenolic OH excluding ortho intramolecular Hbond substituents is 1. The second-order valence-electron chi connectivity index (χ2n) is 5.56. The van der Waals surface area contributed by atoms with Gasteiger partial charge in [0, 0.05) is 11.6 Å². The number of imidazole rings is 1. The molecular formula is C16H19N5O. The van der Waals surface area contributed by atoms with E-state index in [2.05, 4.69) is 34.1 Å². The number of nitrogens with one attached hydrogen (secondary N) is 1. The molecule has 2 aromatic heterocycles. The highest BCUT2D eigenvalue weighted by Gasteiger charge is 2.17. The van der Waals surface area contributed by atoms with Crippen LogP contribution < -0.4 is 5.32 Å². The minimum atomic E-state index is -0.0801. The van der Waals surface area contributed by atoms with Crippen LogP contribution in [0.2, 0.25) is 0 Å². The summed E-state index contributed by atoms with van der Waals surface area (Å²) < 4.78 is 2.04. The van der Waals surface area contributed by atoms with Crippen LogP contribution in [0.1, 0.15) is 38.4 Å². The number of phenols is 1. The Hall–Kier alpha value is -2.63. The van der Waals surface area contributed by atoms with Gasteiger partial charge in [0.15, 0.2) is 5.65 Å². The van der Waals surface area contributed by atoms with Crippen molar-refractivity contribution in [2.75, 3.05) is 5.32 Å². The van der Waals surface area contributed by atoms with E-state index in [1.165, 1.54) is 6.33 Å². The van der Waals surface area contributed by atoms with Crippen molar-refractivity contribution < 1.29 is 5.11 Å². The summed E-state index contributed by atoms with van der Waals surface area (Å²) in [5.41, 5.74) is 2.39. The zero-order valence-electron chi connectivity index (χ0n) is 12.9. The molecule has 0 bridgehead atoms. The summed E-state index contributed by atoms with van der Waals surface area (Å²) in [5, 5.41) is 13.4. The monoisotopic (exact) mass is 297 g/mol. The third-order valence-electron chi connectivity index (χ3n) is 3.62. The maximum atomic E-state index is 9.99. The number of hydrogen-bond donors (Lipinski definition) is 2. The minimum Gasteiger partial charge on any atom is -0.508 e. The highest BCUT2D eigenvalue weighted by molar-refractivity contribution is 5.73. The van der Waals surface area contributed by atoms with E-state index < -0.39 is 0 Å². The Morgan fingerprint density at radius 2 is 1.95 bits per heavy atom. The number of aromatic hydroxyl groups is 1. The lowest BCUT2D eigenvalue weighted by atomic mass is 10.1. The fourth-order valence-electron chi connectivity index (χ4n) is 2.56. The van der Waals surface area contributed by atoms with E-state index in [4.69, 9.17) is 0 Å². The molecule has 0 aliphatic carbocycles. The molecule has 3 rings (SSSR count). The number of aromatic nitrogens is 4. The first kappa shape index (κ1) is 14.3. The summed E-state index contributed by atoms with van der Waals surface area (Å²) in [6.45, 7) is 6.16. The number of para-hydroxylation sites is 1. The lowest BCUT2D eigenvalue weighted by molar-refractivity contribution is 0.465. The van der Waals surface area contributed by atoms with E-state index in [1.807, 2.05) is 29.7 Å². The molecule has 2 N–H and O–H groups in total. The first-order chi connectivity index (χ1) is 10.6. The fourth-order valence-corrected chi connectivity index (χ4v) is 2.56. The Balaban J connectivity index is 2.00. The smallest absolute Gasteiger partial charge is 0.205 e. The standard InChI is InChI=1S/C16H19N5O/c1-10(2)21-15-13(8-17-9-18-15)20-16(21)19-11(3)12-6-4-5-7-14(12)22/h4-11,22H,1-3H3,(H,19,20)/t11-/m1/s1. The molecule has 0 radical (unpaired) electrons. The first-order valence-electron chi connectivity index (χ1n) is 7.30. The van der Waals surface area contributed by atoms with Crippen LogP contribution in [-0.2, 0) is 0 Å². The van der Waals surface area contributed by atoms with Crippen LogP contribution in [0.15, 0.2) is 36.8 Å². The molecule has 0 spiro atoms. The highest BCUT2D eigenvalue weighted by atomic mass is 16.3. The third kappa shape index (κ3) is 2.47. The van der Waals surface area contributed by atoms with Crippen LogP contribution in [0.4, 0.5) is 5.95 Å². The maximum absolute atomic E-state index is 9.99. The number of benzene rings is 1. The van der Waals surface area contributed by atoms with Gasteiger partial charge < -0.3 is 10.4 Å². The molecular weight excluding hydrogens is 278 g/mol. The number of hydrogen-bond acceptors (Lipinski definition) is 5. The van der Waals surface area contributed by atoms with Crippen molar-refractivity contribution in [1.29, 1.82) is 0 Å². The average Bonchev–Trinajstić information content (AvgIpc) is 2.85. The quantitative estimate of drug-likeness (QED) is 0.773. The molecule has 0 aliphatic rings. The number of nitrogens with zero attached hydrogens (tertiary/aromatic N) is 4. The van der Waals surface area contributed by atoms with Crippen molar-refractivity contribution in [3.05, 3.63) is 42.4 Å². The lowest BCUT2D eigenvalue weighted by Crippen LogP contribution is -2.13. The van der Waals surface area contributed by atoms with E-state index in [1.54, 1.807) is 12.3 Å². The second kappa shape index (κ2) is 5.63. The normalized spacial score (nSPS) is 12.7. The van der Waals surface area contributed by atoms with E-state index >= 15 is 0 Å². The van der Waals surface area contributed by atoms with Crippen molar-refractivity contribution >= 4 is 17.1 Å². The summed E-state index contributed by atoms with van der Waals surface area (Å²) in [6, 6.07) is 7.43. The zero-order chi connectivity index (χ0) is 15.7. The van der Waals surface area contributed by atoms with Crippen molar-refractivity contribution in [2.24, 2.45) is 0 Å². The Morgan fingerprint density at radius 3 is 2.68 bits per heavy atom. The first-order valence-corrected chi connectivity index (χ1v) is 7.30. The van der Waals surface area contributed by atoms with Gasteiger partial charge in [0.1, 0.15) is 17.6 Å². The summed E-state index contributed by atoms with van der Waals surface area (Å²) in [7, 11) is 0. The molecule has 0 saturated carbocycles. The Labute approximate surface area is 128 Å². The van der Waals surface area contributed by atoms with Crippen LogP contribution in [0.3, 0.4) is 0 Å². The predicted molar refractivity (Wildman–Crippen MR) is 85.9 cm³/mol. The van der Waals surface area contributed by atoms with E-state index in [9.17, 15) is 5.11 Å². The van der Waals surface area contributed by atoms with Gasteiger partial charge >= 0.3 is 0 Å². The van der Waals surface area contributed by atoms with Crippen molar-refractivity contribution in [3.8, 4) is 5.75 Å². The third-order valence-corrected chi connectivity index (χ3v) is 3.62. The molecule has 0 unspecified atom stereocenters. The van der Waals surface area contributed by atoms with Crippen molar-refractivity contribution in [2.45, 2.75) is 32.9 Å². The molecule has 2 heterocycles. The maximum Gasteiger partial charge on any atom is 0.205 e. The van der Waals surface area contributed by atoms with Gasteiger partial charge in [0.05, 0.1) is 12.2 Å². The molecule has 114 valence electrons. The molecule has 1 atom stereocenters. The Kier molecular flexibility index (Phi) is 3.66. The van der Waals surface area contributed by atoms with E-state index in [0.29, 0.717) is 0 Å². The van der Waals surface area contributed by atoms with Crippen molar-refractivity contribution in [3.63, 3.8) is 0 Å². The minimum absolute atomic E-state index is 0.0801. The number of fused-ring (bicyclic) bond motifs is 1. The Morgan fingerprint density at radius 1 is 1.18 bits per heavy atom. The van der Waals surface area contributed by atoms with Gasteiger partial charge in [0.25, 0.3) is 0 Å². The summed E-state index contributed by atoms with van der Waals surface area (Å²) in [5.74, 6) is 0.996. The van der Waals surface area contributed by atoms with Crippen LogP contribution in [-0.4, -0.2) is 24.6 Å². The molecule has 6 heteroatoms. The van der Waals surface area contributed by atoms with Gasteiger partial charge in [-0.15, -0.1) is 0 Å². The van der Waals surface area contributed by atoms with E-state index in [-0.39, 0.29) is 17.8 Å². The fraction of sp³-hybridized carbons (Fsp3) is 0.312. The van der Waals surface area contributed by atoms with Gasteiger partial charge in [-0.3, -0.25) is 4.57 Å². The molecule has 0 amide bonds. The van der Waals surface area contributed by atoms with Crippen LogP contribution >= 0.6 is 0 Å². The van der Waals surface area contributed by atoms with E-state index in [0.717, 1.165) is 22.7 Å². The average molecular weight is 297 g/mol. The molecule has 3 aromatic rings. The highest BCUT2D eigenvalue weighted by Crippen LogP contribution is 2.29. The predicted octanol–water partition coefficient (Wildman–Crippen LogP) is 3.29. The van der Waals surface area contributed by atoms with Crippen LogP contribution in [0.5, 0.6) is 5.75 Å². The molecule has 1 aromatic carbocycles. The number of anilines is 1. The van der Waals surface area contributed by atoms with Gasteiger partial charge in [-0.05, 0) is 26.8 Å². The van der Waals surface area contributed by atoms with Gasteiger partial charge in [-0.25, -0.2) is 15.0 Å². The summed E-state index contributed by atoms with van der Waals surface area (Å²) in [4.78, 5) is 12.9. The summed E-state index contributed by atoms with van der Waals surface area (Å²) >= 11 is 0. The van der Waals surface area contributed by atoms with Crippen LogP contribution in [0, 0.1) is 0 Å². The lowest BCUT2D eigenvalue weighted by Gasteiger charge is -2.19. The molecule has 0 aliphatic heterocycles. The summed E-state index contributed by atoms with van der Waals surface area (Å²) in [6.07, 6.45) is 3.23. The van der Waals surface area contributed by atoms with Crippen LogP contribution in [0.25, 0.3) is 11.2 Å². The van der Waals surface area contributed by atoms with Gasteiger partial charge in [0.2, 0.25) is 5.95 Å². The molecule has 22 heavy (non-hydrogen) atoms.